The summed E-state index contributed by atoms with van der Waals surface area (Å²) in [6, 6.07) is 14.8. The maximum absolute atomic E-state index is 13.1. The van der Waals surface area contributed by atoms with Crippen molar-refractivity contribution in [1.29, 1.82) is 0 Å². The summed E-state index contributed by atoms with van der Waals surface area (Å²) >= 11 is 0. The number of rotatable bonds is 4. The third kappa shape index (κ3) is 4.76. The molecule has 1 aliphatic rings. The minimum absolute atomic E-state index is 0.209. The van der Waals surface area contributed by atoms with Crippen molar-refractivity contribution in [3.63, 3.8) is 0 Å². The lowest BCUT2D eigenvalue weighted by Crippen LogP contribution is -2.49. The van der Waals surface area contributed by atoms with Gasteiger partial charge < -0.3 is 14.5 Å². The standard InChI is InChI=1S/C22H19F3N4O2/c23-22(24,25)16-8-9-19(27-15-16)28-11-13-29(14-12-28)21(30)18-7-4-10-26-20(18)31-17-5-2-1-3-6-17/h1-10,15H,11-14H2. The lowest BCUT2D eigenvalue weighted by atomic mass is 10.2. The number of benzene rings is 1. The molecule has 0 saturated carbocycles. The monoisotopic (exact) mass is 428 g/mol. The van der Waals surface area contributed by atoms with E-state index < -0.39 is 11.7 Å². The van der Waals surface area contributed by atoms with E-state index in [9.17, 15) is 18.0 Å². The van der Waals surface area contributed by atoms with Crippen molar-refractivity contribution in [2.45, 2.75) is 6.18 Å². The summed E-state index contributed by atoms with van der Waals surface area (Å²) in [6.45, 7) is 1.72. The number of hydrogen-bond acceptors (Lipinski definition) is 5. The van der Waals surface area contributed by atoms with Gasteiger partial charge in [-0.15, -0.1) is 0 Å². The summed E-state index contributed by atoms with van der Waals surface area (Å²) in [5, 5.41) is 0. The molecule has 1 fully saturated rings. The molecule has 6 nitrogen and oxygen atoms in total. The van der Waals surface area contributed by atoms with Gasteiger partial charge in [-0.1, -0.05) is 18.2 Å². The van der Waals surface area contributed by atoms with E-state index in [4.69, 9.17) is 4.74 Å². The fourth-order valence-corrected chi connectivity index (χ4v) is 3.28. The Morgan fingerprint density at radius 1 is 0.903 bits per heavy atom. The number of alkyl halides is 3. The van der Waals surface area contributed by atoms with Crippen LogP contribution in [0.25, 0.3) is 0 Å². The number of para-hydroxylation sites is 1. The van der Waals surface area contributed by atoms with Gasteiger partial charge in [0.05, 0.1) is 5.56 Å². The molecule has 31 heavy (non-hydrogen) atoms. The molecule has 1 aromatic carbocycles. The number of amides is 1. The van der Waals surface area contributed by atoms with E-state index in [0.717, 1.165) is 12.3 Å². The second-order valence-electron chi connectivity index (χ2n) is 6.95. The van der Waals surface area contributed by atoms with Crippen molar-refractivity contribution in [1.82, 2.24) is 14.9 Å². The highest BCUT2D eigenvalue weighted by atomic mass is 19.4. The Morgan fingerprint density at radius 3 is 2.29 bits per heavy atom. The lowest BCUT2D eigenvalue weighted by Gasteiger charge is -2.35. The average molecular weight is 428 g/mol. The molecular weight excluding hydrogens is 409 g/mol. The summed E-state index contributed by atoms with van der Waals surface area (Å²) in [4.78, 5) is 24.7. The summed E-state index contributed by atoms with van der Waals surface area (Å²) in [6.07, 6.45) is -2.03. The van der Waals surface area contributed by atoms with Gasteiger partial charge in [0.1, 0.15) is 17.1 Å². The summed E-state index contributed by atoms with van der Waals surface area (Å²) in [5.41, 5.74) is -0.431. The van der Waals surface area contributed by atoms with Crippen LogP contribution in [-0.2, 0) is 6.18 Å². The van der Waals surface area contributed by atoms with Crippen LogP contribution in [0.2, 0.25) is 0 Å². The van der Waals surface area contributed by atoms with Gasteiger partial charge in [-0.05, 0) is 36.4 Å². The molecule has 1 saturated heterocycles. The number of halogens is 3. The van der Waals surface area contributed by atoms with Crippen molar-refractivity contribution in [3.8, 4) is 11.6 Å². The Labute approximate surface area is 176 Å². The highest BCUT2D eigenvalue weighted by molar-refractivity contribution is 5.96. The molecule has 1 aliphatic heterocycles. The molecule has 2 aromatic heterocycles. The molecule has 0 N–H and O–H groups in total. The molecule has 4 rings (SSSR count). The minimum Gasteiger partial charge on any atom is -0.438 e. The molecule has 3 heterocycles. The van der Waals surface area contributed by atoms with Crippen LogP contribution >= 0.6 is 0 Å². The van der Waals surface area contributed by atoms with Gasteiger partial charge in [0, 0.05) is 38.6 Å². The Bertz CT molecular complexity index is 1030. The van der Waals surface area contributed by atoms with Crippen molar-refractivity contribution < 1.29 is 22.7 Å². The summed E-state index contributed by atoms with van der Waals surface area (Å²) in [5.74, 6) is 1.05. The zero-order valence-corrected chi connectivity index (χ0v) is 16.4. The Hall–Kier alpha value is -3.62. The second-order valence-corrected chi connectivity index (χ2v) is 6.95. The fraction of sp³-hybridized carbons (Fsp3) is 0.227. The van der Waals surface area contributed by atoms with Gasteiger partial charge in [0.25, 0.3) is 5.91 Å². The Kier molecular flexibility index (Phi) is 5.75. The Balaban J connectivity index is 1.42. The minimum atomic E-state index is -4.42. The number of anilines is 1. The quantitative estimate of drug-likeness (QED) is 0.622. The van der Waals surface area contributed by atoms with E-state index in [0.29, 0.717) is 43.3 Å². The number of aromatic nitrogens is 2. The number of pyridine rings is 2. The Morgan fingerprint density at radius 2 is 1.65 bits per heavy atom. The third-order valence-corrected chi connectivity index (χ3v) is 4.93. The van der Waals surface area contributed by atoms with Crippen molar-refractivity contribution in [2.75, 3.05) is 31.1 Å². The van der Waals surface area contributed by atoms with Crippen LogP contribution in [0, 0.1) is 0 Å². The van der Waals surface area contributed by atoms with Gasteiger partial charge in [-0.2, -0.15) is 13.2 Å². The highest BCUT2D eigenvalue weighted by Crippen LogP contribution is 2.30. The molecule has 3 aromatic rings. The number of nitrogens with zero attached hydrogens (tertiary/aromatic N) is 4. The molecule has 160 valence electrons. The van der Waals surface area contributed by atoms with Crippen molar-refractivity contribution in [3.05, 3.63) is 78.1 Å². The fourth-order valence-electron chi connectivity index (χ4n) is 3.28. The zero-order valence-electron chi connectivity index (χ0n) is 16.4. The normalized spacial score (nSPS) is 14.4. The zero-order chi connectivity index (χ0) is 21.8. The summed E-state index contributed by atoms with van der Waals surface area (Å²) < 4.78 is 43.9. The molecule has 0 unspecified atom stereocenters. The van der Waals surface area contributed by atoms with Crippen LogP contribution < -0.4 is 9.64 Å². The molecular formula is C22H19F3N4O2. The van der Waals surface area contributed by atoms with E-state index in [1.807, 2.05) is 23.1 Å². The van der Waals surface area contributed by atoms with Gasteiger partial charge in [-0.3, -0.25) is 4.79 Å². The first-order valence-corrected chi connectivity index (χ1v) is 9.67. The van der Waals surface area contributed by atoms with Gasteiger partial charge in [0.2, 0.25) is 5.88 Å². The molecule has 9 heteroatoms. The van der Waals surface area contributed by atoms with Gasteiger partial charge in [0.15, 0.2) is 0 Å². The maximum atomic E-state index is 13.1. The second kappa shape index (κ2) is 8.63. The maximum Gasteiger partial charge on any atom is 0.417 e. The largest absolute Gasteiger partial charge is 0.438 e. The number of carbonyl (C=O) groups excluding carboxylic acids is 1. The number of piperazine rings is 1. The van der Waals surface area contributed by atoms with Gasteiger partial charge in [-0.25, -0.2) is 9.97 Å². The smallest absolute Gasteiger partial charge is 0.417 e. The van der Waals surface area contributed by atoms with Crippen molar-refractivity contribution >= 4 is 11.7 Å². The topological polar surface area (TPSA) is 58.6 Å². The molecule has 0 spiro atoms. The van der Waals surface area contributed by atoms with Gasteiger partial charge >= 0.3 is 6.18 Å². The SMILES string of the molecule is O=C(c1cccnc1Oc1ccccc1)N1CCN(c2ccc(C(F)(F)F)cn2)CC1. The third-order valence-electron chi connectivity index (χ3n) is 4.93. The highest BCUT2D eigenvalue weighted by Gasteiger charge is 2.31. The van der Waals surface area contributed by atoms with E-state index in [-0.39, 0.29) is 11.8 Å². The predicted molar refractivity (Wildman–Crippen MR) is 108 cm³/mol. The van der Waals surface area contributed by atoms with Crippen LogP contribution in [0.5, 0.6) is 11.6 Å². The number of ether oxygens (including phenoxy) is 1. The first-order chi connectivity index (χ1) is 14.9. The first-order valence-electron chi connectivity index (χ1n) is 9.67. The predicted octanol–water partition coefficient (Wildman–Crippen LogP) is 4.25. The van der Waals surface area contributed by atoms with E-state index in [1.54, 1.807) is 35.4 Å². The average Bonchev–Trinajstić information content (AvgIpc) is 2.79. The van der Waals surface area contributed by atoms with Crippen LogP contribution in [0.1, 0.15) is 15.9 Å². The first kappa shape index (κ1) is 20.6. The van der Waals surface area contributed by atoms with Crippen LogP contribution in [0.3, 0.4) is 0 Å². The number of carbonyl (C=O) groups is 1. The molecule has 0 radical (unpaired) electrons. The summed E-state index contributed by atoms with van der Waals surface area (Å²) in [7, 11) is 0. The van der Waals surface area contributed by atoms with E-state index in [1.165, 1.54) is 6.07 Å². The lowest BCUT2D eigenvalue weighted by molar-refractivity contribution is -0.137. The molecule has 0 aliphatic carbocycles. The molecule has 0 atom stereocenters. The molecule has 0 bridgehead atoms. The van der Waals surface area contributed by atoms with Crippen LogP contribution in [-0.4, -0.2) is 47.0 Å². The molecule has 1 amide bonds. The number of hydrogen-bond donors (Lipinski definition) is 0. The van der Waals surface area contributed by atoms with E-state index in [2.05, 4.69) is 9.97 Å². The van der Waals surface area contributed by atoms with E-state index >= 15 is 0 Å². The van der Waals surface area contributed by atoms with Crippen LogP contribution in [0.15, 0.2) is 67.0 Å². The van der Waals surface area contributed by atoms with Crippen molar-refractivity contribution in [2.24, 2.45) is 0 Å². The van der Waals surface area contributed by atoms with Crippen LogP contribution in [0.4, 0.5) is 19.0 Å².